The molecule has 0 unspecified atom stereocenters. The topological polar surface area (TPSA) is 82.4 Å². The Labute approximate surface area is 267 Å². The van der Waals surface area contributed by atoms with Crippen molar-refractivity contribution in [3.63, 3.8) is 0 Å². The number of halogens is 3. The van der Waals surface area contributed by atoms with Crippen molar-refractivity contribution in [1.82, 2.24) is 4.57 Å². The van der Waals surface area contributed by atoms with Gasteiger partial charge in [0, 0.05) is 25.3 Å². The maximum atomic E-state index is 14.0. The lowest BCUT2D eigenvalue weighted by Crippen LogP contribution is -2.39. The fraction of sp³-hybridized carbons (Fsp3) is 0.265. The van der Waals surface area contributed by atoms with E-state index in [4.69, 9.17) is 14.2 Å². The predicted molar refractivity (Wildman–Crippen MR) is 170 cm³/mol. The SMILES string of the molecule is CCOC(=O)C1=C(C)N=c2sc(=Cc3ccc(OC)c(COc4cccc(C(F)(F)F)c4)c3)c(=O)n2[C@@H]1c1ccc(N(C)C)cc1. The highest BCUT2D eigenvalue weighted by molar-refractivity contribution is 7.07. The van der Waals surface area contributed by atoms with Crippen LogP contribution in [-0.4, -0.2) is 38.3 Å². The van der Waals surface area contributed by atoms with Crippen LogP contribution in [0.1, 0.15) is 42.1 Å². The predicted octanol–water partition coefficient (Wildman–Crippen LogP) is 5.47. The first-order valence-corrected chi connectivity index (χ1v) is 15.2. The van der Waals surface area contributed by atoms with Gasteiger partial charge in [0.1, 0.15) is 18.1 Å². The molecule has 240 valence electrons. The van der Waals surface area contributed by atoms with Crippen molar-refractivity contribution in [2.24, 2.45) is 4.99 Å². The molecule has 0 spiro atoms. The van der Waals surface area contributed by atoms with Crippen molar-refractivity contribution in [3.8, 4) is 11.5 Å². The number of carbonyl (C=O) groups is 1. The summed E-state index contributed by atoms with van der Waals surface area (Å²) in [6, 6.07) is 16.7. The zero-order valence-corrected chi connectivity index (χ0v) is 26.7. The fourth-order valence-electron chi connectivity index (χ4n) is 5.14. The highest BCUT2D eigenvalue weighted by atomic mass is 32.1. The molecule has 4 aromatic rings. The largest absolute Gasteiger partial charge is 0.496 e. The molecule has 3 aromatic carbocycles. The minimum absolute atomic E-state index is 0.0574. The number of thiazole rings is 1. The highest BCUT2D eigenvalue weighted by Gasteiger charge is 2.33. The zero-order chi connectivity index (χ0) is 33.2. The van der Waals surface area contributed by atoms with Crippen LogP contribution in [0.4, 0.5) is 18.9 Å². The van der Waals surface area contributed by atoms with Gasteiger partial charge in [-0.1, -0.05) is 35.6 Å². The first kappa shape index (κ1) is 32.6. The molecule has 46 heavy (non-hydrogen) atoms. The molecule has 0 aliphatic carbocycles. The van der Waals surface area contributed by atoms with Crippen LogP contribution < -0.4 is 29.3 Å². The van der Waals surface area contributed by atoms with Gasteiger partial charge in [-0.3, -0.25) is 9.36 Å². The maximum Gasteiger partial charge on any atom is 0.416 e. The van der Waals surface area contributed by atoms with Crippen LogP contribution in [0.3, 0.4) is 0 Å². The lowest BCUT2D eigenvalue weighted by atomic mass is 9.95. The number of benzene rings is 3. The number of allylic oxidation sites excluding steroid dienone is 1. The van der Waals surface area contributed by atoms with Gasteiger partial charge in [0.25, 0.3) is 5.56 Å². The van der Waals surface area contributed by atoms with E-state index >= 15 is 0 Å². The second-order valence-corrected chi connectivity index (χ2v) is 11.7. The second kappa shape index (κ2) is 13.3. The molecule has 1 atom stereocenters. The lowest BCUT2D eigenvalue weighted by Gasteiger charge is -2.25. The van der Waals surface area contributed by atoms with E-state index in [1.165, 1.54) is 35.1 Å². The number of nitrogens with zero attached hydrogens (tertiary/aromatic N) is 3. The summed E-state index contributed by atoms with van der Waals surface area (Å²) >= 11 is 1.19. The number of aromatic nitrogens is 1. The second-order valence-electron chi connectivity index (χ2n) is 10.7. The van der Waals surface area contributed by atoms with Crippen LogP contribution in [0.15, 0.2) is 87.8 Å². The molecular formula is C34H32F3N3O5S. The Hall–Kier alpha value is -4.84. The molecule has 1 aliphatic rings. The summed E-state index contributed by atoms with van der Waals surface area (Å²) in [5.74, 6) is -0.0104. The van der Waals surface area contributed by atoms with Crippen molar-refractivity contribution < 1.29 is 32.2 Å². The third-order valence-electron chi connectivity index (χ3n) is 7.40. The number of hydrogen-bond donors (Lipinski definition) is 0. The monoisotopic (exact) mass is 651 g/mol. The van der Waals surface area contributed by atoms with E-state index in [1.54, 1.807) is 38.1 Å². The van der Waals surface area contributed by atoms with Crippen molar-refractivity contribution in [1.29, 1.82) is 0 Å². The standard InChI is InChI=1S/C34H32F3N3O5S/c1-6-44-32(42)29-20(2)38-33-40(30(29)22-11-13-25(14-12-22)39(3)4)31(41)28(46-33)17-21-10-15-27(43-5)23(16-21)19-45-26-9-7-8-24(18-26)34(35,36)37/h7-18,30H,6,19H2,1-5H3/t30-/m1/s1. The smallest absolute Gasteiger partial charge is 0.416 e. The van der Waals surface area contributed by atoms with Gasteiger partial charge in [-0.25, -0.2) is 9.79 Å². The highest BCUT2D eigenvalue weighted by Crippen LogP contribution is 2.33. The van der Waals surface area contributed by atoms with Gasteiger partial charge in [-0.2, -0.15) is 13.2 Å². The Bertz CT molecular complexity index is 1980. The molecule has 0 N–H and O–H groups in total. The Kier molecular flexibility index (Phi) is 9.38. The van der Waals surface area contributed by atoms with Gasteiger partial charge in [0.2, 0.25) is 0 Å². The summed E-state index contributed by atoms with van der Waals surface area (Å²) in [6.07, 6.45) is -2.79. The maximum absolute atomic E-state index is 14.0. The zero-order valence-electron chi connectivity index (χ0n) is 25.8. The van der Waals surface area contributed by atoms with Crippen molar-refractivity contribution in [3.05, 3.63) is 120 Å². The van der Waals surface area contributed by atoms with Crippen LogP contribution in [0, 0.1) is 0 Å². The third-order valence-corrected chi connectivity index (χ3v) is 8.38. The molecule has 0 saturated heterocycles. The summed E-state index contributed by atoms with van der Waals surface area (Å²) in [5, 5.41) is 0. The molecule has 0 fully saturated rings. The van der Waals surface area contributed by atoms with E-state index in [0.717, 1.165) is 23.4 Å². The first-order valence-electron chi connectivity index (χ1n) is 14.3. The van der Waals surface area contributed by atoms with Gasteiger partial charge in [0.15, 0.2) is 4.80 Å². The van der Waals surface area contributed by atoms with Gasteiger partial charge < -0.3 is 19.1 Å². The van der Waals surface area contributed by atoms with Crippen molar-refractivity contribution in [2.45, 2.75) is 32.7 Å². The van der Waals surface area contributed by atoms with Crippen molar-refractivity contribution >= 4 is 29.1 Å². The summed E-state index contributed by atoms with van der Waals surface area (Å²) in [6.45, 7) is 3.55. The number of alkyl halides is 3. The lowest BCUT2D eigenvalue weighted by molar-refractivity contribution is -0.139. The van der Waals surface area contributed by atoms with Crippen LogP contribution in [-0.2, 0) is 22.3 Å². The van der Waals surface area contributed by atoms with E-state index in [0.29, 0.717) is 31.9 Å². The summed E-state index contributed by atoms with van der Waals surface area (Å²) in [5.41, 5.74) is 2.51. The number of anilines is 1. The molecule has 2 heterocycles. The first-order chi connectivity index (χ1) is 21.9. The molecule has 5 rings (SSSR count). The normalized spacial score (nSPS) is 14.9. The molecule has 0 saturated carbocycles. The number of rotatable bonds is 9. The van der Waals surface area contributed by atoms with Gasteiger partial charge >= 0.3 is 12.1 Å². The van der Waals surface area contributed by atoms with Crippen LogP contribution in [0.2, 0.25) is 0 Å². The van der Waals surface area contributed by atoms with E-state index in [1.807, 2.05) is 43.3 Å². The Morgan fingerprint density at radius 2 is 1.83 bits per heavy atom. The minimum Gasteiger partial charge on any atom is -0.496 e. The summed E-state index contributed by atoms with van der Waals surface area (Å²) < 4.78 is 57.9. The molecule has 8 nitrogen and oxygen atoms in total. The Balaban J connectivity index is 1.55. The van der Waals surface area contributed by atoms with Gasteiger partial charge in [0.05, 0.1) is 41.1 Å². The third kappa shape index (κ3) is 6.71. The fourth-order valence-corrected chi connectivity index (χ4v) is 6.18. The number of ether oxygens (including phenoxy) is 3. The van der Waals surface area contributed by atoms with E-state index < -0.39 is 23.8 Å². The quantitative estimate of drug-likeness (QED) is 0.224. The van der Waals surface area contributed by atoms with E-state index in [2.05, 4.69) is 4.99 Å². The number of carbonyl (C=O) groups excluding carboxylic acids is 1. The van der Waals surface area contributed by atoms with Crippen LogP contribution in [0.5, 0.6) is 11.5 Å². The van der Waals surface area contributed by atoms with Crippen LogP contribution >= 0.6 is 11.3 Å². The van der Waals surface area contributed by atoms with E-state index in [-0.39, 0.29) is 30.1 Å². The number of fused-ring (bicyclic) bond motifs is 1. The van der Waals surface area contributed by atoms with Gasteiger partial charge in [-0.15, -0.1) is 0 Å². The molecule has 0 amide bonds. The van der Waals surface area contributed by atoms with Crippen molar-refractivity contribution in [2.75, 3.05) is 32.7 Å². The summed E-state index contributed by atoms with van der Waals surface area (Å²) in [7, 11) is 5.33. The van der Waals surface area contributed by atoms with Crippen LogP contribution in [0.25, 0.3) is 6.08 Å². The minimum atomic E-state index is -4.49. The van der Waals surface area contributed by atoms with E-state index in [9.17, 15) is 22.8 Å². The molecule has 0 bridgehead atoms. The Morgan fingerprint density at radius 3 is 2.48 bits per heavy atom. The molecule has 12 heteroatoms. The molecule has 0 radical (unpaired) electrons. The van der Waals surface area contributed by atoms with Gasteiger partial charge in [-0.05, 0) is 73.5 Å². The summed E-state index contributed by atoms with van der Waals surface area (Å²) in [4.78, 5) is 34.2. The Morgan fingerprint density at radius 1 is 1.09 bits per heavy atom. The average molecular weight is 652 g/mol. The molecule has 1 aromatic heterocycles. The number of hydrogen-bond acceptors (Lipinski definition) is 8. The molecular weight excluding hydrogens is 619 g/mol. The number of esters is 1. The average Bonchev–Trinajstić information content (AvgIpc) is 3.32. The number of methoxy groups -OCH3 is 1. The molecule has 1 aliphatic heterocycles.